The van der Waals surface area contributed by atoms with Crippen molar-refractivity contribution in [3.63, 3.8) is 0 Å². The normalized spacial score (nSPS) is 19.2. The number of rotatable bonds is 3. The van der Waals surface area contributed by atoms with Crippen molar-refractivity contribution in [3.05, 3.63) is 35.4 Å². The number of carbonyl (C=O) groups is 1. The first-order valence-electron chi connectivity index (χ1n) is 5.68. The van der Waals surface area contributed by atoms with E-state index in [9.17, 15) is 4.79 Å². The first kappa shape index (κ1) is 14.0. The van der Waals surface area contributed by atoms with Crippen LogP contribution in [0, 0.1) is 0 Å². The number of carboxylic acid groups (broad SMARTS) is 1. The number of halogens is 1. The molecule has 0 saturated carbocycles. The molecule has 0 spiro atoms. The van der Waals surface area contributed by atoms with E-state index in [1.54, 1.807) is 0 Å². The van der Waals surface area contributed by atoms with Crippen LogP contribution in [0.4, 0.5) is 0 Å². The van der Waals surface area contributed by atoms with Crippen molar-refractivity contribution >= 4 is 18.4 Å². The lowest BCUT2D eigenvalue weighted by atomic mass is 9.90. The van der Waals surface area contributed by atoms with Crippen LogP contribution in [0.1, 0.15) is 30.0 Å². The van der Waals surface area contributed by atoms with Gasteiger partial charge in [0.05, 0.1) is 0 Å². The smallest absolute Gasteiger partial charge is 0.303 e. The Hall–Kier alpha value is -1.06. The largest absolute Gasteiger partial charge is 0.481 e. The fourth-order valence-electron chi connectivity index (χ4n) is 2.41. The van der Waals surface area contributed by atoms with Crippen molar-refractivity contribution in [2.24, 2.45) is 0 Å². The lowest BCUT2D eigenvalue weighted by Gasteiger charge is -2.34. The molecular formula is C13H18ClNO2. The molecule has 1 aliphatic rings. The molecule has 0 saturated heterocycles. The average molecular weight is 256 g/mol. The fourth-order valence-corrected chi connectivity index (χ4v) is 2.41. The lowest BCUT2D eigenvalue weighted by Crippen LogP contribution is -2.32. The monoisotopic (exact) mass is 255 g/mol. The molecule has 1 aromatic rings. The van der Waals surface area contributed by atoms with Crippen LogP contribution >= 0.6 is 12.4 Å². The van der Waals surface area contributed by atoms with E-state index in [4.69, 9.17) is 5.11 Å². The molecule has 2 rings (SSSR count). The summed E-state index contributed by atoms with van der Waals surface area (Å²) in [4.78, 5) is 12.9. The van der Waals surface area contributed by atoms with Crippen molar-refractivity contribution in [2.75, 3.05) is 13.6 Å². The van der Waals surface area contributed by atoms with Crippen LogP contribution in [0.5, 0.6) is 0 Å². The van der Waals surface area contributed by atoms with Crippen molar-refractivity contribution in [1.29, 1.82) is 0 Å². The summed E-state index contributed by atoms with van der Waals surface area (Å²) in [5.41, 5.74) is 2.67. The molecule has 94 valence electrons. The molecule has 3 nitrogen and oxygen atoms in total. The Morgan fingerprint density at radius 2 is 2.18 bits per heavy atom. The summed E-state index contributed by atoms with van der Waals surface area (Å²) in [5.74, 6) is -0.712. The maximum Gasteiger partial charge on any atom is 0.303 e. The number of benzene rings is 1. The third kappa shape index (κ3) is 3.20. The van der Waals surface area contributed by atoms with Gasteiger partial charge in [-0.3, -0.25) is 9.69 Å². The molecule has 0 amide bonds. The Morgan fingerprint density at radius 3 is 2.88 bits per heavy atom. The highest BCUT2D eigenvalue weighted by Crippen LogP contribution is 2.31. The maximum atomic E-state index is 10.6. The van der Waals surface area contributed by atoms with Gasteiger partial charge in [0.15, 0.2) is 0 Å². The minimum absolute atomic E-state index is 0. The van der Waals surface area contributed by atoms with E-state index in [2.05, 4.69) is 30.1 Å². The Labute approximate surface area is 108 Å². The summed E-state index contributed by atoms with van der Waals surface area (Å²) in [6, 6.07) is 8.62. The van der Waals surface area contributed by atoms with Gasteiger partial charge in [0.1, 0.15) is 0 Å². The van der Waals surface area contributed by atoms with Gasteiger partial charge in [-0.2, -0.15) is 0 Å². The van der Waals surface area contributed by atoms with Crippen molar-refractivity contribution in [1.82, 2.24) is 4.90 Å². The number of nitrogens with zero attached hydrogens (tertiary/aromatic N) is 1. The molecule has 1 aromatic carbocycles. The maximum absolute atomic E-state index is 10.6. The Kier molecular flexibility index (Phi) is 4.97. The van der Waals surface area contributed by atoms with Crippen LogP contribution in [0.3, 0.4) is 0 Å². The van der Waals surface area contributed by atoms with E-state index in [0.717, 1.165) is 13.0 Å². The van der Waals surface area contributed by atoms with Crippen LogP contribution in [-0.2, 0) is 11.2 Å². The number of hydrogen-bond acceptors (Lipinski definition) is 2. The molecular weight excluding hydrogens is 238 g/mol. The lowest BCUT2D eigenvalue weighted by molar-refractivity contribution is -0.137. The molecule has 0 aliphatic carbocycles. The number of carboxylic acids is 1. The zero-order chi connectivity index (χ0) is 11.5. The molecule has 0 aromatic heterocycles. The molecule has 1 atom stereocenters. The third-order valence-corrected chi connectivity index (χ3v) is 3.31. The van der Waals surface area contributed by atoms with Crippen LogP contribution < -0.4 is 0 Å². The second-order valence-corrected chi connectivity index (χ2v) is 4.38. The summed E-state index contributed by atoms with van der Waals surface area (Å²) < 4.78 is 0. The summed E-state index contributed by atoms with van der Waals surface area (Å²) in [6.45, 7) is 1.02. The van der Waals surface area contributed by atoms with Crippen molar-refractivity contribution in [2.45, 2.75) is 25.3 Å². The molecule has 0 radical (unpaired) electrons. The van der Waals surface area contributed by atoms with Gasteiger partial charge in [-0.1, -0.05) is 24.3 Å². The second kappa shape index (κ2) is 6.03. The summed E-state index contributed by atoms with van der Waals surface area (Å²) in [7, 11) is 2.07. The highest BCUT2D eigenvalue weighted by atomic mass is 35.5. The number of likely N-dealkylation sites (N-methyl/N-ethyl adjacent to an activating group) is 1. The SMILES string of the molecule is CN1CCc2ccccc2C1CCC(=O)O.Cl. The molecule has 1 aliphatic heterocycles. The van der Waals surface area contributed by atoms with Crippen molar-refractivity contribution < 1.29 is 9.90 Å². The zero-order valence-corrected chi connectivity index (χ0v) is 10.7. The zero-order valence-electron chi connectivity index (χ0n) is 9.93. The molecule has 0 bridgehead atoms. The summed E-state index contributed by atoms with van der Waals surface area (Å²) >= 11 is 0. The molecule has 1 N–H and O–H groups in total. The predicted octanol–water partition coefficient (Wildman–Crippen LogP) is 2.50. The second-order valence-electron chi connectivity index (χ2n) is 4.38. The van der Waals surface area contributed by atoms with E-state index in [1.165, 1.54) is 11.1 Å². The van der Waals surface area contributed by atoms with Gasteiger partial charge in [0.25, 0.3) is 0 Å². The topological polar surface area (TPSA) is 40.5 Å². The summed E-state index contributed by atoms with van der Waals surface area (Å²) in [6.07, 6.45) is 2.00. The molecule has 1 unspecified atom stereocenters. The van der Waals surface area contributed by atoms with E-state index >= 15 is 0 Å². The van der Waals surface area contributed by atoms with Gasteiger partial charge >= 0.3 is 5.97 Å². The van der Waals surface area contributed by atoms with E-state index in [0.29, 0.717) is 6.42 Å². The first-order chi connectivity index (χ1) is 7.68. The highest BCUT2D eigenvalue weighted by molar-refractivity contribution is 5.85. The Bertz CT molecular complexity index is 395. The molecule has 17 heavy (non-hydrogen) atoms. The van der Waals surface area contributed by atoms with Gasteiger partial charge in [0.2, 0.25) is 0 Å². The average Bonchev–Trinajstić information content (AvgIpc) is 2.27. The Balaban J connectivity index is 0.00000144. The summed E-state index contributed by atoms with van der Waals surface area (Å²) in [5, 5.41) is 8.76. The first-order valence-corrected chi connectivity index (χ1v) is 5.68. The molecule has 1 heterocycles. The van der Waals surface area contributed by atoms with Crippen LogP contribution in [0.2, 0.25) is 0 Å². The van der Waals surface area contributed by atoms with Crippen molar-refractivity contribution in [3.8, 4) is 0 Å². The van der Waals surface area contributed by atoms with E-state index in [-0.39, 0.29) is 24.9 Å². The molecule has 4 heteroatoms. The minimum atomic E-state index is -0.712. The van der Waals surface area contributed by atoms with E-state index < -0.39 is 5.97 Å². The molecule has 0 fully saturated rings. The predicted molar refractivity (Wildman–Crippen MR) is 69.6 cm³/mol. The quantitative estimate of drug-likeness (QED) is 0.902. The Morgan fingerprint density at radius 1 is 1.47 bits per heavy atom. The van der Waals surface area contributed by atoms with Gasteiger partial charge in [-0.15, -0.1) is 12.4 Å². The van der Waals surface area contributed by atoms with Crippen LogP contribution in [0.25, 0.3) is 0 Å². The highest BCUT2D eigenvalue weighted by Gasteiger charge is 2.24. The number of aliphatic carboxylic acids is 1. The van der Waals surface area contributed by atoms with Gasteiger partial charge in [0, 0.05) is 19.0 Å². The van der Waals surface area contributed by atoms with E-state index in [1.807, 2.05) is 6.07 Å². The third-order valence-electron chi connectivity index (χ3n) is 3.31. The van der Waals surface area contributed by atoms with Gasteiger partial charge in [-0.05, 0) is 31.0 Å². The van der Waals surface area contributed by atoms with Gasteiger partial charge in [-0.25, -0.2) is 0 Å². The van der Waals surface area contributed by atoms with Gasteiger partial charge < -0.3 is 5.11 Å². The standard InChI is InChI=1S/C13H17NO2.ClH/c1-14-9-8-10-4-2-3-5-11(10)12(14)6-7-13(15)16;/h2-5,12H,6-9H2,1H3,(H,15,16);1H. The van der Waals surface area contributed by atoms with Crippen LogP contribution in [-0.4, -0.2) is 29.6 Å². The fraction of sp³-hybridized carbons (Fsp3) is 0.462. The minimum Gasteiger partial charge on any atom is -0.481 e. The van der Waals surface area contributed by atoms with Crippen LogP contribution in [0.15, 0.2) is 24.3 Å². The number of hydrogen-bond donors (Lipinski definition) is 1. The number of fused-ring (bicyclic) bond motifs is 1.